The molecule has 0 saturated heterocycles. The van der Waals surface area contributed by atoms with E-state index in [1.54, 1.807) is 0 Å². The molecule has 3 heteroatoms. The van der Waals surface area contributed by atoms with Gasteiger partial charge in [0.05, 0.1) is 0 Å². The summed E-state index contributed by atoms with van der Waals surface area (Å²) in [5.41, 5.74) is 0. The lowest BCUT2D eigenvalue weighted by Gasteiger charge is -2.40. The number of rotatable bonds is 6. The van der Waals surface area contributed by atoms with E-state index in [0.29, 0.717) is 12.0 Å². The van der Waals surface area contributed by atoms with Gasteiger partial charge in [0, 0.05) is 12.7 Å². The highest BCUT2D eigenvalue weighted by Gasteiger charge is 2.38. The van der Waals surface area contributed by atoms with Gasteiger partial charge in [-0.1, -0.05) is 27.7 Å². The summed E-state index contributed by atoms with van der Waals surface area (Å²) in [5, 5.41) is 9.10. The highest BCUT2D eigenvalue weighted by molar-refractivity contribution is 6.74. The molecule has 0 radical (unpaired) electrons. The molecule has 0 aliphatic rings. The van der Waals surface area contributed by atoms with Crippen LogP contribution in [-0.2, 0) is 4.43 Å². The summed E-state index contributed by atoms with van der Waals surface area (Å²) in [6.45, 7) is 16.1. The minimum atomic E-state index is -1.63. The van der Waals surface area contributed by atoms with Gasteiger partial charge in [-0.05, 0) is 43.8 Å². The van der Waals surface area contributed by atoms with Crippen LogP contribution in [0.25, 0.3) is 0 Å². The summed E-state index contributed by atoms with van der Waals surface area (Å²) < 4.78 is 6.32. The zero-order valence-corrected chi connectivity index (χ0v) is 13.1. The van der Waals surface area contributed by atoms with Crippen LogP contribution < -0.4 is 0 Å². The molecule has 98 valence electrons. The van der Waals surface area contributed by atoms with Crippen LogP contribution in [0, 0.1) is 5.92 Å². The summed E-state index contributed by atoms with van der Waals surface area (Å²) in [5.74, 6) is 0.529. The third-order valence-corrected chi connectivity index (χ3v) is 8.48. The van der Waals surface area contributed by atoms with Crippen LogP contribution in [0.4, 0.5) is 0 Å². The average Bonchev–Trinajstić information content (AvgIpc) is 2.11. The largest absolute Gasteiger partial charge is 0.414 e. The van der Waals surface area contributed by atoms with Gasteiger partial charge in [-0.2, -0.15) is 0 Å². The molecule has 0 saturated carbocycles. The zero-order valence-electron chi connectivity index (χ0n) is 12.1. The second-order valence-electron chi connectivity index (χ2n) is 6.43. The minimum Gasteiger partial charge on any atom is -0.414 e. The van der Waals surface area contributed by atoms with Crippen molar-refractivity contribution in [3.05, 3.63) is 0 Å². The molecule has 0 aromatic carbocycles. The normalized spacial score (nSPS) is 17.2. The Morgan fingerprint density at radius 2 is 1.69 bits per heavy atom. The van der Waals surface area contributed by atoms with E-state index >= 15 is 0 Å². The molecule has 0 aliphatic heterocycles. The van der Waals surface area contributed by atoms with E-state index in [9.17, 15) is 0 Å². The first kappa shape index (κ1) is 16.1. The molecule has 2 unspecified atom stereocenters. The molecule has 1 N–H and O–H groups in total. The molecule has 2 atom stereocenters. The predicted molar refractivity (Wildman–Crippen MR) is 73.2 cm³/mol. The van der Waals surface area contributed by atoms with Crippen molar-refractivity contribution in [3.8, 4) is 0 Å². The fraction of sp³-hybridized carbons (Fsp3) is 1.00. The van der Waals surface area contributed by atoms with Gasteiger partial charge in [0.2, 0.25) is 0 Å². The maximum Gasteiger partial charge on any atom is 0.192 e. The second-order valence-corrected chi connectivity index (χ2v) is 11.2. The molecule has 0 amide bonds. The van der Waals surface area contributed by atoms with Crippen LogP contribution in [0.2, 0.25) is 18.1 Å². The Bertz CT molecular complexity index is 197. The Morgan fingerprint density at radius 3 is 2.06 bits per heavy atom. The average molecular weight is 246 g/mol. The highest BCUT2D eigenvalue weighted by Crippen LogP contribution is 2.38. The maximum absolute atomic E-state index is 8.83. The van der Waals surface area contributed by atoms with E-state index in [-0.39, 0.29) is 11.6 Å². The molecule has 0 fully saturated rings. The Hall–Kier alpha value is 0.137. The summed E-state index contributed by atoms with van der Waals surface area (Å²) in [4.78, 5) is 0. The molecule has 0 spiro atoms. The Labute approximate surface area is 103 Å². The van der Waals surface area contributed by atoms with Gasteiger partial charge in [0.1, 0.15) is 0 Å². The van der Waals surface area contributed by atoms with Gasteiger partial charge in [-0.25, -0.2) is 0 Å². The van der Waals surface area contributed by atoms with Gasteiger partial charge in [0.15, 0.2) is 8.32 Å². The fourth-order valence-electron chi connectivity index (χ4n) is 1.41. The van der Waals surface area contributed by atoms with Gasteiger partial charge in [-0.3, -0.25) is 0 Å². The van der Waals surface area contributed by atoms with Crippen molar-refractivity contribution in [3.63, 3.8) is 0 Å². The summed E-state index contributed by atoms with van der Waals surface area (Å²) in [6.07, 6.45) is 2.23. The van der Waals surface area contributed by atoms with E-state index in [2.05, 4.69) is 47.7 Å². The van der Waals surface area contributed by atoms with E-state index in [4.69, 9.17) is 9.53 Å². The Balaban J connectivity index is 4.27. The molecular formula is C13H30O2Si. The minimum absolute atomic E-state index is 0.276. The van der Waals surface area contributed by atoms with Crippen molar-refractivity contribution in [1.29, 1.82) is 0 Å². The topological polar surface area (TPSA) is 29.5 Å². The number of aliphatic hydroxyl groups is 1. The Kier molecular flexibility index (Phi) is 6.23. The van der Waals surface area contributed by atoms with Crippen molar-refractivity contribution in [1.82, 2.24) is 0 Å². The lowest BCUT2D eigenvalue weighted by atomic mass is 10.0. The first-order chi connectivity index (χ1) is 7.12. The SMILES string of the molecule is CC(CCCO)C(C)O[Si](C)(C)C(C)(C)C. The summed E-state index contributed by atoms with van der Waals surface area (Å²) >= 11 is 0. The van der Waals surface area contributed by atoms with Crippen LogP contribution in [0.3, 0.4) is 0 Å². The fourth-order valence-corrected chi connectivity index (χ4v) is 2.92. The molecule has 2 nitrogen and oxygen atoms in total. The van der Waals surface area contributed by atoms with Crippen LogP contribution in [0.5, 0.6) is 0 Å². The van der Waals surface area contributed by atoms with Gasteiger partial charge >= 0.3 is 0 Å². The van der Waals surface area contributed by atoms with E-state index in [0.717, 1.165) is 12.8 Å². The standard InChI is InChI=1S/C13H30O2Si/c1-11(9-8-10-14)12(2)15-16(6,7)13(3,4)5/h11-12,14H,8-10H2,1-7H3. The van der Waals surface area contributed by atoms with Gasteiger partial charge < -0.3 is 9.53 Å². The van der Waals surface area contributed by atoms with E-state index in [1.165, 1.54) is 0 Å². The van der Waals surface area contributed by atoms with Crippen molar-refractivity contribution in [2.45, 2.75) is 71.7 Å². The van der Waals surface area contributed by atoms with Crippen LogP contribution in [0.1, 0.15) is 47.5 Å². The lowest BCUT2D eigenvalue weighted by molar-refractivity contribution is 0.131. The van der Waals surface area contributed by atoms with E-state index < -0.39 is 8.32 Å². The number of hydrogen-bond donors (Lipinski definition) is 1. The molecule has 0 aromatic heterocycles. The van der Waals surface area contributed by atoms with E-state index in [1.807, 2.05) is 0 Å². The number of hydrogen-bond acceptors (Lipinski definition) is 2. The first-order valence-electron chi connectivity index (χ1n) is 6.40. The quantitative estimate of drug-likeness (QED) is 0.722. The molecule has 0 heterocycles. The van der Waals surface area contributed by atoms with Gasteiger partial charge in [-0.15, -0.1) is 0 Å². The molecule has 0 aliphatic carbocycles. The Morgan fingerprint density at radius 1 is 1.19 bits per heavy atom. The van der Waals surface area contributed by atoms with Crippen molar-refractivity contribution in [2.75, 3.05) is 6.61 Å². The predicted octanol–water partition coefficient (Wildman–Crippen LogP) is 3.81. The maximum atomic E-state index is 8.83. The van der Waals surface area contributed by atoms with Crippen molar-refractivity contribution in [2.24, 2.45) is 5.92 Å². The molecule has 0 rings (SSSR count). The van der Waals surface area contributed by atoms with Crippen LogP contribution >= 0.6 is 0 Å². The summed E-state index contributed by atoms with van der Waals surface area (Å²) in [6, 6.07) is 0. The van der Waals surface area contributed by atoms with Crippen LogP contribution in [0.15, 0.2) is 0 Å². The van der Waals surface area contributed by atoms with Crippen molar-refractivity contribution >= 4 is 8.32 Å². The molecule has 16 heavy (non-hydrogen) atoms. The highest BCUT2D eigenvalue weighted by atomic mass is 28.4. The monoisotopic (exact) mass is 246 g/mol. The van der Waals surface area contributed by atoms with Gasteiger partial charge in [0.25, 0.3) is 0 Å². The lowest BCUT2D eigenvalue weighted by Crippen LogP contribution is -2.44. The molecule has 0 bridgehead atoms. The third kappa shape index (κ3) is 4.98. The first-order valence-corrected chi connectivity index (χ1v) is 9.31. The molecular weight excluding hydrogens is 216 g/mol. The van der Waals surface area contributed by atoms with Crippen LogP contribution in [-0.4, -0.2) is 26.1 Å². The smallest absolute Gasteiger partial charge is 0.192 e. The van der Waals surface area contributed by atoms with Crippen molar-refractivity contribution < 1.29 is 9.53 Å². The zero-order chi connectivity index (χ0) is 13.0. The third-order valence-electron chi connectivity index (χ3n) is 3.91. The molecule has 0 aromatic rings. The number of aliphatic hydroxyl groups excluding tert-OH is 1. The summed E-state index contributed by atoms with van der Waals surface area (Å²) in [7, 11) is -1.63. The second kappa shape index (κ2) is 6.17.